The molecule has 1 aromatic carbocycles. The molecule has 7 nitrogen and oxygen atoms in total. The van der Waals surface area contributed by atoms with Crippen molar-refractivity contribution in [3.05, 3.63) is 52.2 Å². The highest BCUT2D eigenvalue weighted by atomic mass is 32.2. The molecule has 34 heavy (non-hydrogen) atoms. The van der Waals surface area contributed by atoms with Gasteiger partial charge in [-0.25, -0.2) is 0 Å². The van der Waals surface area contributed by atoms with Crippen molar-refractivity contribution in [2.75, 3.05) is 44.5 Å². The summed E-state index contributed by atoms with van der Waals surface area (Å²) in [4.78, 5) is 19.7. The fraction of sp³-hybridized carbons (Fsp3) is 0.538. The molecule has 1 aliphatic heterocycles. The molecular formula is C26H40N4O3S. The summed E-state index contributed by atoms with van der Waals surface area (Å²) in [6, 6.07) is 5.78. The van der Waals surface area contributed by atoms with E-state index in [0.29, 0.717) is 31.0 Å². The molecule has 0 spiro atoms. The van der Waals surface area contributed by atoms with Gasteiger partial charge >= 0.3 is 0 Å². The first-order chi connectivity index (χ1) is 16.5. The van der Waals surface area contributed by atoms with Crippen molar-refractivity contribution in [1.82, 2.24) is 10.2 Å². The molecule has 1 heterocycles. The Kier molecular flexibility index (Phi) is 13.0. The van der Waals surface area contributed by atoms with Crippen LogP contribution in [0.4, 0.5) is 5.69 Å². The van der Waals surface area contributed by atoms with Crippen LogP contribution in [-0.4, -0.2) is 62.9 Å². The molecular weight excluding hydrogens is 448 g/mol. The maximum atomic E-state index is 13.0. The summed E-state index contributed by atoms with van der Waals surface area (Å²) < 4.78 is 10.8. The number of likely N-dealkylation sites (tertiary alicyclic amines) is 1. The molecule has 2 N–H and O–H groups in total. The van der Waals surface area contributed by atoms with E-state index in [9.17, 15) is 4.79 Å². The van der Waals surface area contributed by atoms with Crippen molar-refractivity contribution in [3.63, 3.8) is 0 Å². The van der Waals surface area contributed by atoms with E-state index in [0.717, 1.165) is 42.3 Å². The van der Waals surface area contributed by atoms with E-state index in [4.69, 9.17) is 9.47 Å². The average Bonchev–Trinajstić information content (AvgIpc) is 3.34. The highest BCUT2D eigenvalue weighted by Gasteiger charge is 2.16. The summed E-state index contributed by atoms with van der Waals surface area (Å²) in [7, 11) is 1.61. The Morgan fingerprint density at radius 3 is 2.74 bits per heavy atom. The van der Waals surface area contributed by atoms with Gasteiger partial charge in [-0.2, -0.15) is 0 Å². The molecule has 1 fully saturated rings. The first-order valence-electron chi connectivity index (χ1n) is 12.0. The highest BCUT2D eigenvalue weighted by molar-refractivity contribution is 8.02. The summed E-state index contributed by atoms with van der Waals surface area (Å²) in [5.41, 5.74) is 3.81. The van der Waals surface area contributed by atoms with Crippen LogP contribution >= 0.6 is 11.8 Å². The van der Waals surface area contributed by atoms with E-state index in [-0.39, 0.29) is 12.0 Å². The van der Waals surface area contributed by atoms with E-state index in [2.05, 4.69) is 40.2 Å². The summed E-state index contributed by atoms with van der Waals surface area (Å²) >= 11 is 1.72. The van der Waals surface area contributed by atoms with Crippen molar-refractivity contribution in [2.24, 2.45) is 4.99 Å². The van der Waals surface area contributed by atoms with Crippen molar-refractivity contribution in [2.45, 2.75) is 52.7 Å². The lowest BCUT2D eigenvalue weighted by Crippen LogP contribution is -2.28. The predicted molar refractivity (Wildman–Crippen MR) is 143 cm³/mol. The Hall–Kier alpha value is -2.13. The molecule has 8 heteroatoms. The monoisotopic (exact) mass is 488 g/mol. The lowest BCUT2D eigenvalue weighted by molar-refractivity contribution is 0.0656. The van der Waals surface area contributed by atoms with Gasteiger partial charge in [-0.1, -0.05) is 19.1 Å². The number of amides is 1. The van der Waals surface area contributed by atoms with Crippen LogP contribution in [0.2, 0.25) is 0 Å². The summed E-state index contributed by atoms with van der Waals surface area (Å²) in [6.07, 6.45) is 5.54. The lowest BCUT2D eigenvalue weighted by atomic mass is 10.1. The fourth-order valence-corrected chi connectivity index (χ4v) is 4.39. The number of carbonyl (C=O) groups excluding carboxylic acids is 1. The molecule has 2 rings (SSSR count). The van der Waals surface area contributed by atoms with Crippen molar-refractivity contribution >= 4 is 30.1 Å². The Morgan fingerprint density at radius 1 is 1.32 bits per heavy atom. The highest BCUT2D eigenvalue weighted by Crippen LogP contribution is 2.25. The number of methoxy groups -OCH3 is 1. The smallest absolute Gasteiger partial charge is 0.253 e. The summed E-state index contributed by atoms with van der Waals surface area (Å²) in [5, 5.41) is 8.41. The number of allylic oxidation sites excluding steroid dienone is 1. The molecule has 0 saturated carbocycles. The van der Waals surface area contributed by atoms with Gasteiger partial charge in [0, 0.05) is 19.5 Å². The summed E-state index contributed by atoms with van der Waals surface area (Å²) in [6.45, 7) is 13.5. The largest absolute Gasteiger partial charge is 0.383 e. The van der Waals surface area contributed by atoms with Gasteiger partial charge in [0.1, 0.15) is 0 Å². The minimum Gasteiger partial charge on any atom is -0.383 e. The van der Waals surface area contributed by atoms with Crippen molar-refractivity contribution < 1.29 is 14.3 Å². The molecule has 1 amide bonds. The number of nitrogens with one attached hydrogen (secondary N) is 2. The fourth-order valence-electron chi connectivity index (χ4n) is 3.49. The number of carbonyl (C=O) groups is 1. The normalized spacial score (nSPS) is 15.1. The van der Waals surface area contributed by atoms with Gasteiger partial charge in [-0.3, -0.25) is 14.7 Å². The third-order valence-corrected chi connectivity index (χ3v) is 6.18. The van der Waals surface area contributed by atoms with E-state index in [1.807, 2.05) is 37.5 Å². The Labute approximate surface area is 209 Å². The van der Waals surface area contributed by atoms with Gasteiger partial charge in [0.25, 0.3) is 5.91 Å². The predicted octanol–water partition coefficient (Wildman–Crippen LogP) is 5.02. The van der Waals surface area contributed by atoms with E-state index < -0.39 is 0 Å². The molecule has 188 valence electrons. The molecule has 0 bridgehead atoms. The van der Waals surface area contributed by atoms with Crippen LogP contribution in [0.1, 0.15) is 56.0 Å². The molecule has 1 aromatic rings. The van der Waals surface area contributed by atoms with Gasteiger partial charge < -0.3 is 20.1 Å². The topological polar surface area (TPSA) is 75.2 Å². The molecule has 1 aliphatic rings. The van der Waals surface area contributed by atoms with Crippen LogP contribution in [0.25, 0.3) is 0 Å². The quantitative estimate of drug-likeness (QED) is 0.205. The van der Waals surface area contributed by atoms with Gasteiger partial charge in [-0.15, -0.1) is 11.8 Å². The van der Waals surface area contributed by atoms with Crippen molar-refractivity contribution in [1.29, 1.82) is 0 Å². The first-order valence-corrected chi connectivity index (χ1v) is 13.0. The van der Waals surface area contributed by atoms with Crippen molar-refractivity contribution in [3.8, 4) is 0 Å². The number of aliphatic imine (C=N–C) groups is 1. The van der Waals surface area contributed by atoms with Gasteiger partial charge in [0.05, 0.1) is 42.0 Å². The third kappa shape index (κ3) is 9.62. The maximum absolute atomic E-state index is 13.0. The van der Waals surface area contributed by atoms with Gasteiger partial charge in [0.15, 0.2) is 0 Å². The maximum Gasteiger partial charge on any atom is 0.253 e. The molecule has 0 radical (unpaired) electrons. The number of hydrogen-bond acceptors (Lipinski definition) is 7. The number of ether oxygens (including phenoxy) is 2. The number of thioether (sulfide) groups is 1. The second-order valence-corrected chi connectivity index (χ2v) is 9.25. The number of anilines is 1. The number of benzene rings is 1. The van der Waals surface area contributed by atoms with Crippen LogP contribution < -0.4 is 10.6 Å². The van der Waals surface area contributed by atoms with Crippen LogP contribution in [0.15, 0.2) is 46.1 Å². The third-order valence-electron chi connectivity index (χ3n) is 5.28. The minimum atomic E-state index is -0.165. The molecule has 0 aliphatic carbocycles. The lowest BCUT2D eigenvalue weighted by Gasteiger charge is -2.17. The zero-order chi connectivity index (χ0) is 24.8. The SMILES string of the molecule is C=NC(=C\SCN1CCCC1)/C(=C/CC)Nc1ccc(COC(C)C)cc1C(=O)NCCOC. The number of rotatable bonds is 15. The van der Waals surface area contributed by atoms with E-state index in [1.165, 1.54) is 12.8 Å². The van der Waals surface area contributed by atoms with Crippen LogP contribution in [0.3, 0.4) is 0 Å². The van der Waals surface area contributed by atoms with Gasteiger partial charge in [0.2, 0.25) is 0 Å². The average molecular weight is 489 g/mol. The Morgan fingerprint density at radius 2 is 2.09 bits per heavy atom. The van der Waals surface area contributed by atoms with Crippen LogP contribution in [0.5, 0.6) is 0 Å². The zero-order valence-corrected chi connectivity index (χ0v) is 21.9. The Balaban J connectivity index is 2.24. The van der Waals surface area contributed by atoms with Crippen LogP contribution in [-0.2, 0) is 16.1 Å². The second-order valence-electron chi connectivity index (χ2n) is 8.42. The first kappa shape index (κ1) is 28.1. The standard InChI is InChI=1S/C26H40N4O3S/c1-6-9-24(25(27-4)18-34-19-30-13-7-8-14-30)29-23-11-10-21(17-33-20(2)3)16-22(23)26(31)28-12-15-32-5/h9-11,16,18,20,29H,4,6-8,12-15,17,19H2,1-3,5H3,(H,28,31)/b24-9-,25-18-. The molecule has 0 atom stereocenters. The molecule has 1 saturated heterocycles. The molecule has 0 aromatic heterocycles. The summed E-state index contributed by atoms with van der Waals surface area (Å²) in [5.74, 6) is 0.776. The molecule has 0 unspecified atom stereocenters. The number of nitrogens with zero attached hydrogens (tertiary/aromatic N) is 2. The minimum absolute atomic E-state index is 0.111. The van der Waals surface area contributed by atoms with E-state index in [1.54, 1.807) is 18.9 Å². The van der Waals surface area contributed by atoms with E-state index >= 15 is 0 Å². The second kappa shape index (κ2) is 15.7. The zero-order valence-electron chi connectivity index (χ0n) is 21.1. The number of hydrogen-bond donors (Lipinski definition) is 2. The van der Waals surface area contributed by atoms with Crippen LogP contribution in [0, 0.1) is 0 Å². The Bertz CT molecular complexity index is 848. The van der Waals surface area contributed by atoms with Gasteiger partial charge in [-0.05, 0) is 76.0 Å².